The minimum absolute atomic E-state index is 0.159. The van der Waals surface area contributed by atoms with Crippen LogP contribution in [0.25, 0.3) is 11.3 Å². The molecule has 1 heterocycles. The Balaban J connectivity index is 1.56. The van der Waals surface area contributed by atoms with Crippen molar-refractivity contribution in [3.63, 3.8) is 0 Å². The van der Waals surface area contributed by atoms with E-state index in [0.717, 1.165) is 5.56 Å². The molecule has 1 aliphatic rings. The topological polar surface area (TPSA) is 76.4 Å². The van der Waals surface area contributed by atoms with Crippen LogP contribution in [0.2, 0.25) is 0 Å². The molecule has 0 aliphatic heterocycles. The van der Waals surface area contributed by atoms with Gasteiger partial charge in [-0.3, -0.25) is 9.48 Å². The number of rotatable bonds is 8. The van der Waals surface area contributed by atoms with Gasteiger partial charge >= 0.3 is 0 Å². The van der Waals surface area contributed by atoms with Crippen LogP contribution in [0.5, 0.6) is 0 Å². The number of aromatic nitrogens is 2. The second kappa shape index (κ2) is 7.59. The number of ether oxygens (including phenoxy) is 1. The maximum atomic E-state index is 12.4. The second-order valence-corrected chi connectivity index (χ2v) is 6.28. The Hall–Kier alpha value is -2.18. The van der Waals surface area contributed by atoms with Gasteiger partial charge in [0.2, 0.25) is 0 Å². The van der Waals surface area contributed by atoms with Gasteiger partial charge in [0.25, 0.3) is 5.91 Å². The van der Waals surface area contributed by atoms with Crippen LogP contribution in [-0.4, -0.2) is 46.7 Å². The minimum atomic E-state index is -0.704. The molecule has 2 aromatic rings. The molecule has 0 spiro atoms. The summed E-state index contributed by atoms with van der Waals surface area (Å²) in [5, 5.41) is 17.0. The third-order valence-electron chi connectivity index (χ3n) is 3.98. The largest absolute Gasteiger partial charge is 0.389 e. The molecule has 0 bridgehead atoms. The standard InChI is InChI=1S/C18H23N3O3/c1-21-10-16(17(20-21)14-5-3-2-4-6-14)18(23)19-9-15(22)12-24-11-13-7-8-13/h2-6,10,13,15,22H,7-9,11-12H2,1H3,(H,19,23). The molecule has 0 radical (unpaired) electrons. The number of hydrogen-bond acceptors (Lipinski definition) is 4. The molecule has 1 aliphatic carbocycles. The zero-order valence-corrected chi connectivity index (χ0v) is 13.8. The van der Waals surface area contributed by atoms with E-state index >= 15 is 0 Å². The number of nitrogens with one attached hydrogen (secondary N) is 1. The number of aryl methyl sites for hydroxylation is 1. The summed E-state index contributed by atoms with van der Waals surface area (Å²) in [5.74, 6) is 0.416. The number of carbonyl (C=O) groups excluding carboxylic acids is 1. The maximum Gasteiger partial charge on any atom is 0.255 e. The van der Waals surface area contributed by atoms with Gasteiger partial charge in [-0.25, -0.2) is 0 Å². The van der Waals surface area contributed by atoms with E-state index in [1.807, 2.05) is 30.3 Å². The lowest BCUT2D eigenvalue weighted by Gasteiger charge is -2.12. The third-order valence-corrected chi connectivity index (χ3v) is 3.98. The molecule has 1 atom stereocenters. The summed E-state index contributed by atoms with van der Waals surface area (Å²) in [7, 11) is 1.78. The van der Waals surface area contributed by atoms with Gasteiger partial charge in [-0.15, -0.1) is 0 Å². The summed E-state index contributed by atoms with van der Waals surface area (Å²) in [6.45, 7) is 1.10. The van der Waals surface area contributed by atoms with Crippen molar-refractivity contribution in [1.82, 2.24) is 15.1 Å². The van der Waals surface area contributed by atoms with E-state index in [9.17, 15) is 9.90 Å². The zero-order chi connectivity index (χ0) is 16.9. The molecule has 1 aromatic carbocycles. The Morgan fingerprint density at radius 1 is 1.42 bits per heavy atom. The number of hydrogen-bond donors (Lipinski definition) is 2. The molecule has 3 rings (SSSR count). The Bertz CT molecular complexity index is 680. The highest BCUT2D eigenvalue weighted by Gasteiger charge is 2.22. The van der Waals surface area contributed by atoms with Crippen molar-refractivity contribution in [2.24, 2.45) is 13.0 Å². The maximum absolute atomic E-state index is 12.4. The molecular formula is C18H23N3O3. The molecule has 6 heteroatoms. The van der Waals surface area contributed by atoms with Crippen molar-refractivity contribution >= 4 is 5.91 Å². The molecule has 128 valence electrons. The molecular weight excluding hydrogens is 306 g/mol. The molecule has 1 aromatic heterocycles. The van der Waals surface area contributed by atoms with Gasteiger partial charge in [0, 0.05) is 32.0 Å². The first-order valence-electron chi connectivity index (χ1n) is 8.26. The lowest BCUT2D eigenvalue weighted by Crippen LogP contribution is -2.34. The van der Waals surface area contributed by atoms with Crippen LogP contribution in [-0.2, 0) is 11.8 Å². The predicted molar refractivity (Wildman–Crippen MR) is 90.5 cm³/mol. The Morgan fingerprint density at radius 2 is 2.17 bits per heavy atom. The monoisotopic (exact) mass is 329 g/mol. The lowest BCUT2D eigenvalue weighted by molar-refractivity contribution is 0.0321. The van der Waals surface area contributed by atoms with Crippen LogP contribution in [0, 0.1) is 5.92 Å². The van der Waals surface area contributed by atoms with Gasteiger partial charge in [0.1, 0.15) is 5.69 Å². The molecule has 24 heavy (non-hydrogen) atoms. The lowest BCUT2D eigenvalue weighted by atomic mass is 10.1. The van der Waals surface area contributed by atoms with E-state index in [2.05, 4.69) is 10.4 Å². The van der Waals surface area contributed by atoms with E-state index in [1.165, 1.54) is 12.8 Å². The van der Waals surface area contributed by atoms with Crippen molar-refractivity contribution < 1.29 is 14.6 Å². The molecule has 1 fully saturated rings. The van der Waals surface area contributed by atoms with Crippen LogP contribution in [0.1, 0.15) is 23.2 Å². The highest BCUT2D eigenvalue weighted by molar-refractivity contribution is 5.99. The van der Waals surface area contributed by atoms with E-state index < -0.39 is 6.10 Å². The van der Waals surface area contributed by atoms with Crippen LogP contribution < -0.4 is 5.32 Å². The summed E-state index contributed by atoms with van der Waals surface area (Å²) in [4.78, 5) is 12.4. The normalized spacial score (nSPS) is 15.2. The van der Waals surface area contributed by atoms with E-state index in [-0.39, 0.29) is 19.1 Å². The van der Waals surface area contributed by atoms with Crippen molar-refractivity contribution in [3.05, 3.63) is 42.1 Å². The molecule has 1 amide bonds. The van der Waals surface area contributed by atoms with E-state index in [4.69, 9.17) is 4.74 Å². The molecule has 0 saturated heterocycles. The summed E-state index contributed by atoms with van der Waals surface area (Å²) < 4.78 is 7.05. The molecule has 1 saturated carbocycles. The number of amides is 1. The fraction of sp³-hybridized carbons (Fsp3) is 0.444. The van der Waals surface area contributed by atoms with Crippen molar-refractivity contribution in [3.8, 4) is 11.3 Å². The Labute approximate surface area is 141 Å². The Morgan fingerprint density at radius 3 is 2.88 bits per heavy atom. The first kappa shape index (κ1) is 16.7. The van der Waals surface area contributed by atoms with Gasteiger partial charge in [-0.05, 0) is 18.8 Å². The highest BCUT2D eigenvalue weighted by atomic mass is 16.5. The molecule has 1 unspecified atom stereocenters. The van der Waals surface area contributed by atoms with Crippen molar-refractivity contribution in [2.45, 2.75) is 18.9 Å². The first-order chi connectivity index (χ1) is 11.6. The third kappa shape index (κ3) is 4.43. The summed E-state index contributed by atoms with van der Waals surface area (Å²) in [5.41, 5.74) is 2.02. The van der Waals surface area contributed by atoms with Crippen LogP contribution >= 0.6 is 0 Å². The van der Waals surface area contributed by atoms with E-state index in [1.54, 1.807) is 17.9 Å². The van der Waals surface area contributed by atoms with Gasteiger partial charge in [-0.2, -0.15) is 5.10 Å². The summed E-state index contributed by atoms with van der Waals surface area (Å²) >= 11 is 0. The zero-order valence-electron chi connectivity index (χ0n) is 13.8. The summed E-state index contributed by atoms with van der Waals surface area (Å²) in [6.07, 6.45) is 3.42. The van der Waals surface area contributed by atoms with Crippen molar-refractivity contribution in [2.75, 3.05) is 19.8 Å². The van der Waals surface area contributed by atoms with Crippen LogP contribution in [0.3, 0.4) is 0 Å². The number of aliphatic hydroxyl groups excluding tert-OH is 1. The minimum Gasteiger partial charge on any atom is -0.389 e. The number of nitrogens with zero attached hydrogens (tertiary/aromatic N) is 2. The smallest absolute Gasteiger partial charge is 0.255 e. The van der Waals surface area contributed by atoms with Gasteiger partial charge < -0.3 is 15.2 Å². The Kier molecular flexibility index (Phi) is 5.27. The number of carbonyl (C=O) groups is 1. The molecule has 6 nitrogen and oxygen atoms in total. The second-order valence-electron chi connectivity index (χ2n) is 6.28. The average molecular weight is 329 g/mol. The SMILES string of the molecule is Cn1cc(C(=O)NCC(O)COCC2CC2)c(-c2ccccc2)n1. The van der Waals surface area contributed by atoms with E-state index in [0.29, 0.717) is 23.8 Å². The fourth-order valence-electron chi connectivity index (χ4n) is 2.48. The van der Waals surface area contributed by atoms with Crippen LogP contribution in [0.4, 0.5) is 0 Å². The quantitative estimate of drug-likeness (QED) is 0.771. The number of aliphatic hydroxyl groups is 1. The first-order valence-corrected chi connectivity index (χ1v) is 8.26. The van der Waals surface area contributed by atoms with Gasteiger partial charge in [-0.1, -0.05) is 30.3 Å². The van der Waals surface area contributed by atoms with Crippen LogP contribution in [0.15, 0.2) is 36.5 Å². The van der Waals surface area contributed by atoms with Gasteiger partial charge in [0.05, 0.1) is 18.3 Å². The fourth-order valence-corrected chi connectivity index (χ4v) is 2.48. The summed E-state index contributed by atoms with van der Waals surface area (Å²) in [6, 6.07) is 9.57. The highest BCUT2D eigenvalue weighted by Crippen LogP contribution is 2.28. The average Bonchev–Trinajstić information content (AvgIpc) is 3.33. The van der Waals surface area contributed by atoms with Crippen molar-refractivity contribution in [1.29, 1.82) is 0 Å². The molecule has 2 N–H and O–H groups in total. The predicted octanol–water partition coefficient (Wildman–Crippen LogP) is 1.60. The number of benzene rings is 1. The van der Waals surface area contributed by atoms with Gasteiger partial charge in [0.15, 0.2) is 0 Å².